The van der Waals surface area contributed by atoms with Crippen LogP contribution in [0.25, 0.3) is 94.0 Å². The first-order valence-electron chi connectivity index (χ1n) is 17.3. The van der Waals surface area contributed by atoms with Crippen LogP contribution >= 0.6 is 0 Å². The molecule has 0 aliphatic heterocycles. The zero-order valence-electron chi connectivity index (χ0n) is 27.5. The summed E-state index contributed by atoms with van der Waals surface area (Å²) in [6.07, 6.45) is 2.16. The summed E-state index contributed by atoms with van der Waals surface area (Å²) in [5.41, 5.74) is 10.8. The van der Waals surface area contributed by atoms with Crippen LogP contribution in [-0.2, 0) is 0 Å². The quantitative estimate of drug-likeness (QED) is 0.190. The molecule has 4 aromatic heterocycles. The predicted octanol–water partition coefficient (Wildman–Crippen LogP) is 11.4. The van der Waals surface area contributed by atoms with Crippen LogP contribution in [0, 0.1) is 0 Å². The van der Waals surface area contributed by atoms with Crippen LogP contribution in [0.5, 0.6) is 0 Å². The van der Waals surface area contributed by atoms with Gasteiger partial charge in [-0.3, -0.25) is 4.57 Å². The second kappa shape index (κ2) is 10.8. The van der Waals surface area contributed by atoms with E-state index in [0.717, 1.165) is 77.3 Å². The van der Waals surface area contributed by atoms with Gasteiger partial charge in [-0.05, 0) is 60.7 Å². The molecule has 238 valence electrons. The van der Waals surface area contributed by atoms with Gasteiger partial charge >= 0.3 is 0 Å². The lowest BCUT2D eigenvalue weighted by atomic mass is 10.1. The zero-order chi connectivity index (χ0) is 33.5. The van der Waals surface area contributed by atoms with Gasteiger partial charge in [0.05, 0.1) is 38.8 Å². The summed E-state index contributed by atoms with van der Waals surface area (Å²) < 4.78 is 6.97. The fourth-order valence-corrected chi connectivity index (χ4v) is 8.04. The van der Waals surface area contributed by atoms with Crippen molar-refractivity contribution in [2.75, 3.05) is 0 Å². The summed E-state index contributed by atoms with van der Waals surface area (Å²) >= 11 is 0. The van der Waals surface area contributed by atoms with Crippen molar-refractivity contribution < 1.29 is 0 Å². The Kier molecular flexibility index (Phi) is 5.89. The van der Waals surface area contributed by atoms with Gasteiger partial charge in [0.2, 0.25) is 5.95 Å². The minimum absolute atomic E-state index is 0.651. The maximum atomic E-state index is 5.44. The van der Waals surface area contributed by atoms with Crippen LogP contribution < -0.4 is 0 Å². The average molecular weight is 652 g/mol. The smallest absolute Gasteiger partial charge is 0.235 e. The summed E-state index contributed by atoms with van der Waals surface area (Å²) in [4.78, 5) is 10.8. The van der Waals surface area contributed by atoms with Crippen molar-refractivity contribution in [3.63, 3.8) is 0 Å². The molecule has 7 aromatic carbocycles. The third-order valence-corrected chi connectivity index (χ3v) is 10.3. The lowest BCUT2D eigenvalue weighted by molar-refractivity contribution is 1.02. The minimum atomic E-state index is 0.651. The molecule has 4 heterocycles. The van der Waals surface area contributed by atoms with Crippen molar-refractivity contribution in [3.05, 3.63) is 176 Å². The highest BCUT2D eigenvalue weighted by atomic mass is 15.2. The molecule has 0 atom stereocenters. The standard InChI is InChI=1S/C46H29N5/c1-4-14-30(15-5-1)44-35-20-10-12-22-38(35)47-46(48-44)51-42-28-31-26-27-49(32-16-6-2-7-17-32)41(31)29-37(42)34-24-25-40-43(45(34)51)36-21-11-13-23-39(36)50(40)33-18-8-3-9-19-33/h1-29H. The van der Waals surface area contributed by atoms with Crippen molar-refractivity contribution in [3.8, 4) is 28.6 Å². The summed E-state index contributed by atoms with van der Waals surface area (Å²) in [7, 11) is 0. The Labute approximate surface area is 292 Å². The minimum Gasteiger partial charge on any atom is -0.317 e. The molecule has 0 aliphatic carbocycles. The Bertz CT molecular complexity index is 3120. The van der Waals surface area contributed by atoms with Crippen LogP contribution in [0.2, 0.25) is 0 Å². The first-order chi connectivity index (χ1) is 25.3. The molecule has 0 aliphatic rings. The van der Waals surface area contributed by atoms with Crippen LogP contribution in [0.15, 0.2) is 176 Å². The Morgan fingerprint density at radius 3 is 1.90 bits per heavy atom. The summed E-state index contributed by atoms with van der Waals surface area (Å²) in [6, 6.07) is 60.1. The monoisotopic (exact) mass is 651 g/mol. The third-order valence-electron chi connectivity index (χ3n) is 10.3. The summed E-state index contributed by atoms with van der Waals surface area (Å²) in [5.74, 6) is 0.651. The van der Waals surface area contributed by atoms with Gasteiger partial charge in [0.1, 0.15) is 0 Å². The third kappa shape index (κ3) is 4.09. The fraction of sp³-hybridized carbons (Fsp3) is 0. The van der Waals surface area contributed by atoms with Gasteiger partial charge in [-0.1, -0.05) is 109 Å². The molecular weight excluding hydrogens is 623 g/mol. The largest absolute Gasteiger partial charge is 0.317 e. The Hall–Kier alpha value is -6.98. The highest BCUT2D eigenvalue weighted by Crippen LogP contribution is 2.43. The van der Waals surface area contributed by atoms with Crippen LogP contribution in [0.1, 0.15) is 0 Å². The van der Waals surface area contributed by atoms with E-state index in [1.807, 2.05) is 6.07 Å². The fourth-order valence-electron chi connectivity index (χ4n) is 8.04. The number of benzene rings is 7. The van der Waals surface area contributed by atoms with E-state index in [1.165, 1.54) is 10.8 Å². The van der Waals surface area contributed by atoms with Crippen molar-refractivity contribution in [2.24, 2.45) is 0 Å². The zero-order valence-corrected chi connectivity index (χ0v) is 27.5. The first-order valence-corrected chi connectivity index (χ1v) is 17.3. The number of fused-ring (bicyclic) bond motifs is 9. The molecule has 0 spiro atoms. The van der Waals surface area contributed by atoms with Gasteiger partial charge < -0.3 is 9.13 Å². The molecule has 51 heavy (non-hydrogen) atoms. The lowest BCUT2D eigenvalue weighted by Gasteiger charge is -2.12. The van der Waals surface area contributed by atoms with E-state index in [1.54, 1.807) is 0 Å². The lowest BCUT2D eigenvalue weighted by Crippen LogP contribution is -2.03. The number of rotatable bonds is 4. The molecular formula is C46H29N5. The number of para-hydroxylation sites is 4. The molecule has 5 heteroatoms. The highest BCUT2D eigenvalue weighted by Gasteiger charge is 2.23. The Morgan fingerprint density at radius 2 is 1.10 bits per heavy atom. The van der Waals surface area contributed by atoms with E-state index in [9.17, 15) is 0 Å². The molecule has 5 nitrogen and oxygen atoms in total. The molecule has 0 fully saturated rings. The normalized spacial score (nSPS) is 11.9. The van der Waals surface area contributed by atoms with E-state index in [-0.39, 0.29) is 0 Å². The molecule has 0 unspecified atom stereocenters. The van der Waals surface area contributed by atoms with E-state index in [4.69, 9.17) is 9.97 Å². The topological polar surface area (TPSA) is 40.6 Å². The van der Waals surface area contributed by atoms with Gasteiger partial charge in [0.25, 0.3) is 0 Å². The van der Waals surface area contributed by atoms with E-state index >= 15 is 0 Å². The van der Waals surface area contributed by atoms with Crippen molar-refractivity contribution >= 4 is 65.4 Å². The molecule has 0 bridgehead atoms. The van der Waals surface area contributed by atoms with Crippen molar-refractivity contribution in [2.45, 2.75) is 0 Å². The second-order valence-corrected chi connectivity index (χ2v) is 13.1. The summed E-state index contributed by atoms with van der Waals surface area (Å²) in [6.45, 7) is 0. The van der Waals surface area contributed by atoms with E-state index < -0.39 is 0 Å². The number of nitrogens with zero attached hydrogens (tertiary/aromatic N) is 5. The Morgan fingerprint density at radius 1 is 0.412 bits per heavy atom. The van der Waals surface area contributed by atoms with Crippen LogP contribution in [0.3, 0.4) is 0 Å². The molecule has 0 radical (unpaired) electrons. The predicted molar refractivity (Wildman–Crippen MR) is 210 cm³/mol. The molecule has 11 aromatic rings. The van der Waals surface area contributed by atoms with Gasteiger partial charge in [-0.25, -0.2) is 9.97 Å². The molecule has 0 saturated carbocycles. The number of hydrogen-bond donors (Lipinski definition) is 0. The van der Waals surface area contributed by atoms with Gasteiger partial charge in [0, 0.05) is 55.5 Å². The number of hydrogen-bond acceptors (Lipinski definition) is 2. The number of aromatic nitrogens is 5. The van der Waals surface area contributed by atoms with Crippen LogP contribution in [0.4, 0.5) is 0 Å². The molecule has 0 saturated heterocycles. The van der Waals surface area contributed by atoms with E-state index in [2.05, 4.69) is 184 Å². The van der Waals surface area contributed by atoms with Crippen LogP contribution in [-0.4, -0.2) is 23.7 Å². The molecule has 11 rings (SSSR count). The summed E-state index contributed by atoms with van der Waals surface area (Å²) in [5, 5.41) is 6.87. The SMILES string of the molecule is c1ccc(-c2nc(-n3c4cc5ccn(-c6ccccc6)c5cc4c4ccc5c(c6ccccc6n5-c5ccccc5)c43)nc3ccccc23)cc1. The maximum absolute atomic E-state index is 5.44. The highest BCUT2D eigenvalue weighted by molar-refractivity contribution is 6.27. The van der Waals surface area contributed by atoms with Crippen molar-refractivity contribution in [1.29, 1.82) is 0 Å². The van der Waals surface area contributed by atoms with E-state index in [0.29, 0.717) is 5.95 Å². The van der Waals surface area contributed by atoms with Gasteiger partial charge in [-0.15, -0.1) is 0 Å². The first kappa shape index (κ1) is 27.9. The van der Waals surface area contributed by atoms with Gasteiger partial charge in [0.15, 0.2) is 0 Å². The molecule has 0 N–H and O–H groups in total. The second-order valence-electron chi connectivity index (χ2n) is 13.1. The maximum Gasteiger partial charge on any atom is 0.235 e. The molecule has 0 amide bonds. The Balaban J connectivity index is 1.33. The van der Waals surface area contributed by atoms with Crippen molar-refractivity contribution in [1.82, 2.24) is 23.7 Å². The van der Waals surface area contributed by atoms with Gasteiger partial charge in [-0.2, -0.15) is 0 Å². The average Bonchev–Trinajstić information content (AvgIpc) is 3.87.